The number of allylic oxidation sites excluding steroid dienone is 1. The van der Waals surface area contributed by atoms with E-state index in [1.807, 2.05) is 0 Å². The predicted octanol–water partition coefficient (Wildman–Crippen LogP) is 3.48. The van der Waals surface area contributed by atoms with Gasteiger partial charge in [0.05, 0.1) is 17.9 Å². The molecule has 1 unspecified atom stereocenters. The molecule has 2 aliphatic carbocycles. The summed E-state index contributed by atoms with van der Waals surface area (Å²) in [6.45, 7) is 17.3. The number of carbonyl (C=O) groups excluding carboxylic acids is 7. The molecule has 0 aromatic heterocycles. The van der Waals surface area contributed by atoms with E-state index in [-0.39, 0.29) is 12.8 Å². The van der Waals surface area contributed by atoms with Crippen molar-refractivity contribution in [3.63, 3.8) is 0 Å². The van der Waals surface area contributed by atoms with Crippen molar-refractivity contribution in [3.05, 3.63) is 12.2 Å². The lowest BCUT2D eigenvalue weighted by atomic mass is 9.66. The lowest BCUT2D eigenvalue weighted by molar-refractivity contribution is -0.287. The third kappa shape index (κ3) is 9.10. The molecule has 15 heteroatoms. The van der Waals surface area contributed by atoms with Gasteiger partial charge in [-0.1, -0.05) is 53.7 Å². The molecule has 53 heavy (non-hydrogen) atoms. The molecule has 0 spiro atoms. The summed E-state index contributed by atoms with van der Waals surface area (Å²) in [4.78, 5) is 93.3. The van der Waals surface area contributed by atoms with Gasteiger partial charge in [0.2, 0.25) is 0 Å². The summed E-state index contributed by atoms with van der Waals surface area (Å²) >= 11 is 0. The number of hydrogen-bond acceptors (Lipinski definition) is 15. The number of carbonyl (C=O) groups is 7. The Labute approximate surface area is 310 Å². The van der Waals surface area contributed by atoms with E-state index in [1.165, 1.54) is 19.9 Å². The Morgan fingerprint density at radius 2 is 1.43 bits per heavy atom. The highest BCUT2D eigenvalue weighted by molar-refractivity contribution is 5.92. The molecule has 3 rings (SSSR count). The van der Waals surface area contributed by atoms with Gasteiger partial charge in [-0.25, -0.2) is 0 Å². The summed E-state index contributed by atoms with van der Waals surface area (Å²) in [5.74, 6) is -9.34. The van der Waals surface area contributed by atoms with Crippen molar-refractivity contribution in [3.8, 4) is 0 Å². The van der Waals surface area contributed by atoms with Crippen LogP contribution >= 0.6 is 0 Å². The van der Waals surface area contributed by atoms with Gasteiger partial charge < -0.3 is 38.3 Å². The van der Waals surface area contributed by atoms with Gasteiger partial charge in [0.15, 0.2) is 30.2 Å². The topological polar surface area (TPSA) is 204 Å². The molecular weight excluding hydrogens is 696 g/mol. The fourth-order valence-electron chi connectivity index (χ4n) is 7.89. The van der Waals surface area contributed by atoms with Gasteiger partial charge in [0.1, 0.15) is 22.9 Å². The zero-order valence-electron chi connectivity index (χ0n) is 32.8. The second-order valence-corrected chi connectivity index (χ2v) is 15.7. The summed E-state index contributed by atoms with van der Waals surface area (Å²) in [7, 11) is 0. The van der Waals surface area contributed by atoms with Gasteiger partial charge >= 0.3 is 35.8 Å². The molecule has 1 saturated carbocycles. The van der Waals surface area contributed by atoms with Gasteiger partial charge in [-0.15, -0.1) is 0 Å². The van der Waals surface area contributed by atoms with Crippen LogP contribution in [0.5, 0.6) is 0 Å². The van der Waals surface area contributed by atoms with Crippen molar-refractivity contribution in [2.24, 2.45) is 23.2 Å². The van der Waals surface area contributed by atoms with E-state index in [1.54, 1.807) is 47.6 Å². The highest BCUT2D eigenvalue weighted by Crippen LogP contribution is 2.56. The van der Waals surface area contributed by atoms with Crippen LogP contribution in [0.15, 0.2) is 12.2 Å². The average Bonchev–Trinajstić information content (AvgIpc) is 3.24. The summed E-state index contributed by atoms with van der Waals surface area (Å²) in [5.41, 5.74) is -7.80. The molecule has 298 valence electrons. The molecule has 11 atom stereocenters. The van der Waals surface area contributed by atoms with Gasteiger partial charge in [-0.3, -0.25) is 33.6 Å². The van der Waals surface area contributed by atoms with Gasteiger partial charge in [0.25, 0.3) is 0 Å². The maximum atomic E-state index is 14.7. The molecule has 0 bridgehead atoms. The Morgan fingerprint density at radius 1 is 0.868 bits per heavy atom. The first-order valence-electron chi connectivity index (χ1n) is 18.1. The first-order valence-corrected chi connectivity index (χ1v) is 18.1. The largest absolute Gasteiger partial charge is 0.459 e. The molecule has 0 amide bonds. The van der Waals surface area contributed by atoms with E-state index in [9.17, 15) is 38.7 Å². The van der Waals surface area contributed by atoms with Crippen LogP contribution in [0.25, 0.3) is 0 Å². The lowest BCUT2D eigenvalue weighted by Crippen LogP contribution is -2.72. The van der Waals surface area contributed by atoms with Crippen LogP contribution in [0.3, 0.4) is 0 Å². The molecule has 3 aliphatic rings. The third-order valence-corrected chi connectivity index (χ3v) is 10.3. The molecule has 1 N–H and O–H groups in total. The Bertz CT molecular complexity index is 1480. The van der Waals surface area contributed by atoms with Crippen LogP contribution in [0, 0.1) is 23.2 Å². The first-order chi connectivity index (χ1) is 24.3. The quantitative estimate of drug-likeness (QED) is 0.203. The number of aliphatic hydroxyl groups is 1. The molecule has 1 heterocycles. The number of Topliss-reactive ketones (excluding diaryl/α,β-unsaturated/α-hetero) is 1. The fourth-order valence-corrected chi connectivity index (χ4v) is 7.89. The van der Waals surface area contributed by atoms with Crippen molar-refractivity contribution >= 4 is 41.6 Å². The minimum absolute atomic E-state index is 0.300. The smallest absolute Gasteiger partial charge is 0.308 e. The van der Waals surface area contributed by atoms with Gasteiger partial charge in [-0.05, 0) is 26.7 Å². The lowest BCUT2D eigenvalue weighted by Gasteiger charge is -2.54. The second kappa shape index (κ2) is 16.3. The number of esters is 6. The van der Waals surface area contributed by atoms with E-state index in [0.717, 1.165) is 27.7 Å². The molecule has 0 aromatic carbocycles. The molecule has 0 aromatic rings. The third-order valence-electron chi connectivity index (χ3n) is 10.3. The Kier molecular flexibility index (Phi) is 13.4. The highest BCUT2D eigenvalue weighted by Gasteiger charge is 2.74. The van der Waals surface area contributed by atoms with Crippen LogP contribution in [0.1, 0.15) is 109 Å². The van der Waals surface area contributed by atoms with E-state index >= 15 is 0 Å². The zero-order chi connectivity index (χ0) is 40.4. The standard InChI is InChI=1S/C38H56O15/c1-13-21(5)52-38-17-15-26(43)50-31(38)27-30(48-23(7)40)36(12,53-25(9)42)18-37(27,46)29(44)20(4)14-16-35(10,11)32(49-24(8)41)28(47-22(6)39)33(38)51-34(45)19(2)3/h14,16,19-21,27-28,30-33,46H,13,15,17-18H2,1-12H3/b16-14+/t20-,21?,27+,28-,30+,31+,32+,33+,36+,37+,38-/m0/s1. The van der Waals surface area contributed by atoms with E-state index in [0.29, 0.717) is 6.42 Å². The second-order valence-electron chi connectivity index (χ2n) is 15.7. The Hall–Kier alpha value is -3.85. The summed E-state index contributed by atoms with van der Waals surface area (Å²) in [6, 6.07) is 0. The molecule has 1 aliphatic heterocycles. The molecule has 1 saturated heterocycles. The van der Waals surface area contributed by atoms with Crippen LogP contribution in [-0.2, 0) is 66.7 Å². The summed E-state index contributed by atoms with van der Waals surface area (Å²) in [6.07, 6.45) is -6.88. The Morgan fingerprint density at radius 3 is 1.94 bits per heavy atom. The molecular formula is C38H56O15. The molecule has 2 fully saturated rings. The number of fused-ring (bicyclic) bond motifs is 3. The van der Waals surface area contributed by atoms with E-state index in [2.05, 4.69) is 0 Å². The van der Waals surface area contributed by atoms with Crippen LogP contribution in [0.2, 0.25) is 0 Å². The number of rotatable bonds is 9. The average molecular weight is 753 g/mol. The van der Waals surface area contributed by atoms with Crippen LogP contribution in [-0.4, -0.2) is 100 Å². The zero-order valence-corrected chi connectivity index (χ0v) is 32.8. The van der Waals surface area contributed by atoms with E-state index < -0.39 is 125 Å². The van der Waals surface area contributed by atoms with Gasteiger partial charge in [0, 0.05) is 51.9 Å². The SMILES string of the molecule is CCC(C)O[C@@]12CCC(=O)O[C@@H]1[C@H]1[C@@H](OC(C)=O)[C@](C)(OC(C)=O)C[C@]1(O)C(=O)[C@@H](C)/C=C/C(C)(C)[C@H](OC(C)=O)[C@H](OC(C)=O)[C@H]2OC(=O)C(C)C. The summed E-state index contributed by atoms with van der Waals surface area (Å²) in [5, 5.41) is 12.9. The first kappa shape index (κ1) is 43.6. The fraction of sp³-hybridized carbons (Fsp3) is 0.763. The number of ether oxygens (including phenoxy) is 7. The maximum absolute atomic E-state index is 14.7. The molecule has 15 nitrogen and oxygen atoms in total. The van der Waals surface area contributed by atoms with Crippen molar-refractivity contribution in [1.29, 1.82) is 0 Å². The van der Waals surface area contributed by atoms with E-state index in [4.69, 9.17) is 33.2 Å². The van der Waals surface area contributed by atoms with Crippen molar-refractivity contribution in [1.82, 2.24) is 0 Å². The maximum Gasteiger partial charge on any atom is 0.308 e. The van der Waals surface area contributed by atoms with Crippen molar-refractivity contribution in [2.75, 3.05) is 0 Å². The van der Waals surface area contributed by atoms with Crippen LogP contribution < -0.4 is 0 Å². The van der Waals surface area contributed by atoms with Crippen LogP contribution in [0.4, 0.5) is 0 Å². The normalized spacial score (nSPS) is 36.6. The minimum Gasteiger partial charge on any atom is -0.459 e. The number of ketones is 1. The predicted molar refractivity (Wildman–Crippen MR) is 184 cm³/mol. The monoisotopic (exact) mass is 752 g/mol. The van der Waals surface area contributed by atoms with Crippen molar-refractivity contribution < 1.29 is 71.8 Å². The van der Waals surface area contributed by atoms with Crippen molar-refractivity contribution in [2.45, 2.75) is 162 Å². The molecule has 0 radical (unpaired) electrons. The minimum atomic E-state index is -2.55. The number of hydrogen-bond donors (Lipinski definition) is 1. The summed E-state index contributed by atoms with van der Waals surface area (Å²) < 4.78 is 42.7. The Balaban J connectivity index is 2.68. The highest BCUT2D eigenvalue weighted by atomic mass is 16.6. The van der Waals surface area contributed by atoms with Gasteiger partial charge in [-0.2, -0.15) is 0 Å².